The zero-order valence-electron chi connectivity index (χ0n) is 17.3. The van der Waals surface area contributed by atoms with Crippen LogP contribution in [-0.2, 0) is 11.3 Å². The van der Waals surface area contributed by atoms with E-state index in [0.717, 1.165) is 49.8 Å². The monoisotopic (exact) mass is 408 g/mol. The van der Waals surface area contributed by atoms with Gasteiger partial charge in [-0.15, -0.1) is 0 Å². The van der Waals surface area contributed by atoms with Gasteiger partial charge in [0.25, 0.3) is 5.91 Å². The predicted octanol–water partition coefficient (Wildman–Crippen LogP) is 2.75. The Morgan fingerprint density at radius 2 is 2.13 bits per heavy atom. The molecule has 3 atom stereocenters. The molecular formula is C23H28N4O3. The van der Waals surface area contributed by atoms with Gasteiger partial charge in [0, 0.05) is 38.3 Å². The normalized spacial score (nSPS) is 25.8. The summed E-state index contributed by atoms with van der Waals surface area (Å²) in [7, 11) is 0. The molecule has 3 fully saturated rings. The number of amides is 2. The Hall–Kier alpha value is -2.83. The highest BCUT2D eigenvalue weighted by atomic mass is 16.3. The third-order valence-electron chi connectivity index (χ3n) is 6.73. The second-order valence-corrected chi connectivity index (χ2v) is 8.87. The van der Waals surface area contributed by atoms with Crippen LogP contribution in [0.25, 0.3) is 0 Å². The van der Waals surface area contributed by atoms with Gasteiger partial charge in [-0.2, -0.15) is 0 Å². The van der Waals surface area contributed by atoms with Crippen molar-refractivity contribution in [1.29, 1.82) is 0 Å². The van der Waals surface area contributed by atoms with Crippen LogP contribution in [0.4, 0.5) is 5.82 Å². The molecule has 3 saturated heterocycles. The SMILES string of the molecule is Cc1ccc(CNC(=O)c2ccc(N3C[C@H]4C[C@H](C3)[C@H]3CCCC(=O)N3C4)nc2)o1. The molecular weight excluding hydrogens is 380 g/mol. The van der Waals surface area contributed by atoms with Gasteiger partial charge in [-0.25, -0.2) is 4.98 Å². The first-order chi connectivity index (χ1) is 14.6. The van der Waals surface area contributed by atoms with Gasteiger partial charge in [0.2, 0.25) is 5.91 Å². The average molecular weight is 409 g/mol. The van der Waals surface area contributed by atoms with Crippen LogP contribution in [0.3, 0.4) is 0 Å². The minimum absolute atomic E-state index is 0.157. The fraction of sp³-hybridized carbons (Fsp3) is 0.522. The number of carbonyl (C=O) groups excluding carboxylic acids is 2. The molecule has 0 radical (unpaired) electrons. The number of rotatable bonds is 4. The van der Waals surface area contributed by atoms with Gasteiger partial charge < -0.3 is 19.5 Å². The highest BCUT2D eigenvalue weighted by Gasteiger charge is 2.44. The molecule has 2 aromatic heterocycles. The van der Waals surface area contributed by atoms with E-state index >= 15 is 0 Å². The molecule has 0 saturated carbocycles. The molecule has 2 bridgehead atoms. The van der Waals surface area contributed by atoms with Gasteiger partial charge >= 0.3 is 0 Å². The summed E-state index contributed by atoms with van der Waals surface area (Å²) < 4.78 is 5.49. The first-order valence-corrected chi connectivity index (χ1v) is 10.9. The fourth-order valence-corrected chi connectivity index (χ4v) is 5.35. The Morgan fingerprint density at radius 3 is 2.90 bits per heavy atom. The Balaban J connectivity index is 1.22. The zero-order valence-corrected chi connectivity index (χ0v) is 17.3. The molecule has 30 heavy (non-hydrogen) atoms. The van der Waals surface area contributed by atoms with Crippen LogP contribution in [0, 0.1) is 18.8 Å². The standard InChI is InChI=1S/C23H28N4O3/c1-15-5-7-19(30-15)11-25-23(29)17-6-8-21(24-10-17)26-12-16-9-18(14-26)20-3-2-4-22(28)27(20)13-16/h5-8,10,16,18,20H,2-4,9,11-14H2,1H3,(H,25,29)/t16-,18-,20-/m1/s1. The Bertz CT molecular complexity index is 938. The van der Waals surface area contributed by atoms with Crippen LogP contribution in [0.2, 0.25) is 0 Å². The molecule has 158 valence electrons. The van der Waals surface area contributed by atoms with Gasteiger partial charge in [0.05, 0.1) is 12.1 Å². The van der Waals surface area contributed by atoms with E-state index in [-0.39, 0.29) is 5.91 Å². The second-order valence-electron chi connectivity index (χ2n) is 8.87. The number of furan rings is 1. The number of aryl methyl sites for hydroxylation is 1. The number of pyridine rings is 1. The number of nitrogens with zero attached hydrogens (tertiary/aromatic N) is 3. The number of nitrogens with one attached hydrogen (secondary N) is 1. The van der Waals surface area contributed by atoms with Crippen molar-refractivity contribution in [2.45, 2.75) is 45.2 Å². The largest absolute Gasteiger partial charge is 0.465 e. The van der Waals surface area contributed by atoms with Gasteiger partial charge in [0.1, 0.15) is 17.3 Å². The lowest BCUT2D eigenvalue weighted by atomic mass is 9.76. The molecule has 1 N–H and O–H groups in total. The summed E-state index contributed by atoms with van der Waals surface area (Å²) in [5, 5.41) is 2.87. The maximum atomic E-state index is 12.4. The van der Waals surface area contributed by atoms with E-state index in [2.05, 4.69) is 20.1 Å². The number of carbonyl (C=O) groups is 2. The summed E-state index contributed by atoms with van der Waals surface area (Å²) in [6, 6.07) is 7.92. The molecule has 0 unspecified atom stereocenters. The highest BCUT2D eigenvalue weighted by molar-refractivity contribution is 5.94. The van der Waals surface area contributed by atoms with Crippen LogP contribution in [0.15, 0.2) is 34.9 Å². The van der Waals surface area contributed by atoms with Crippen LogP contribution in [0.1, 0.15) is 47.6 Å². The summed E-state index contributed by atoms with van der Waals surface area (Å²) in [5.74, 6) is 3.69. The van der Waals surface area contributed by atoms with Crippen molar-refractivity contribution in [1.82, 2.24) is 15.2 Å². The summed E-state index contributed by atoms with van der Waals surface area (Å²) in [5.41, 5.74) is 0.545. The van der Waals surface area contributed by atoms with Crippen LogP contribution >= 0.6 is 0 Å². The number of fused-ring (bicyclic) bond motifs is 4. The molecule has 3 aliphatic heterocycles. The molecule has 7 heteroatoms. The first kappa shape index (κ1) is 19.2. The second kappa shape index (κ2) is 7.78. The van der Waals surface area contributed by atoms with E-state index < -0.39 is 0 Å². The lowest BCUT2D eigenvalue weighted by molar-refractivity contribution is -0.142. The van der Waals surface area contributed by atoms with Crippen molar-refractivity contribution in [2.24, 2.45) is 11.8 Å². The van der Waals surface area contributed by atoms with Crippen LogP contribution in [0.5, 0.6) is 0 Å². The summed E-state index contributed by atoms with van der Waals surface area (Å²) in [6.45, 7) is 4.97. The molecule has 5 rings (SSSR count). The summed E-state index contributed by atoms with van der Waals surface area (Å²) >= 11 is 0. The third-order valence-corrected chi connectivity index (χ3v) is 6.73. The van der Waals surface area contributed by atoms with Gasteiger partial charge in [-0.3, -0.25) is 9.59 Å². The van der Waals surface area contributed by atoms with Gasteiger partial charge in [-0.1, -0.05) is 0 Å². The van der Waals surface area contributed by atoms with Crippen LogP contribution < -0.4 is 10.2 Å². The lowest BCUT2D eigenvalue weighted by Gasteiger charge is -2.52. The molecule has 2 amide bonds. The Morgan fingerprint density at radius 1 is 1.23 bits per heavy atom. The van der Waals surface area contributed by atoms with Crippen molar-refractivity contribution in [2.75, 3.05) is 24.5 Å². The molecule has 0 spiro atoms. The number of piperidine rings is 3. The van der Waals surface area contributed by atoms with Crippen LogP contribution in [-0.4, -0.2) is 47.4 Å². The Kier molecular flexibility index (Phi) is 4.97. The highest BCUT2D eigenvalue weighted by Crippen LogP contribution is 2.38. The first-order valence-electron chi connectivity index (χ1n) is 10.9. The smallest absolute Gasteiger partial charge is 0.253 e. The summed E-state index contributed by atoms with van der Waals surface area (Å²) in [6.07, 6.45) is 5.71. The quantitative estimate of drug-likeness (QED) is 0.842. The van der Waals surface area contributed by atoms with Crippen molar-refractivity contribution in [3.05, 3.63) is 47.5 Å². The van der Waals surface area contributed by atoms with Gasteiger partial charge in [-0.05, 0) is 62.3 Å². The topological polar surface area (TPSA) is 78.7 Å². The fourth-order valence-electron chi connectivity index (χ4n) is 5.35. The molecule has 3 aliphatic rings. The van der Waals surface area contributed by atoms with E-state index in [1.807, 2.05) is 31.2 Å². The molecule has 7 nitrogen and oxygen atoms in total. The zero-order chi connectivity index (χ0) is 20.7. The number of hydrogen-bond acceptors (Lipinski definition) is 5. The lowest BCUT2D eigenvalue weighted by Crippen LogP contribution is -2.60. The average Bonchev–Trinajstić information content (AvgIpc) is 3.18. The number of anilines is 1. The molecule has 2 aromatic rings. The van der Waals surface area contributed by atoms with Gasteiger partial charge in [0.15, 0.2) is 0 Å². The molecule has 5 heterocycles. The molecule has 0 aromatic carbocycles. The van der Waals surface area contributed by atoms with E-state index in [4.69, 9.17) is 4.42 Å². The van der Waals surface area contributed by atoms with Crippen molar-refractivity contribution in [3.63, 3.8) is 0 Å². The minimum Gasteiger partial charge on any atom is -0.465 e. The predicted molar refractivity (Wildman–Crippen MR) is 112 cm³/mol. The summed E-state index contributed by atoms with van der Waals surface area (Å²) in [4.78, 5) is 33.8. The molecule has 0 aliphatic carbocycles. The third kappa shape index (κ3) is 3.68. The van der Waals surface area contributed by atoms with Crippen molar-refractivity contribution < 1.29 is 14.0 Å². The van der Waals surface area contributed by atoms with Crippen molar-refractivity contribution in [3.8, 4) is 0 Å². The van der Waals surface area contributed by atoms with Crippen molar-refractivity contribution >= 4 is 17.6 Å². The number of aromatic nitrogens is 1. The van der Waals surface area contributed by atoms with E-state index in [0.29, 0.717) is 42.3 Å². The Labute approximate surface area is 176 Å². The number of hydrogen-bond donors (Lipinski definition) is 1. The van der Waals surface area contributed by atoms with E-state index in [9.17, 15) is 9.59 Å². The minimum atomic E-state index is -0.157. The van der Waals surface area contributed by atoms with E-state index in [1.54, 1.807) is 6.20 Å². The maximum absolute atomic E-state index is 12.4. The van der Waals surface area contributed by atoms with E-state index in [1.165, 1.54) is 6.42 Å². The maximum Gasteiger partial charge on any atom is 0.253 e.